The molecule has 4 heteroatoms. The molecule has 122 valence electrons. The van der Waals surface area contributed by atoms with E-state index >= 15 is 0 Å². The maximum Gasteiger partial charge on any atom is 0.255 e. The SMILES string of the molecule is O=C(c1cnc2[nH]cc(-c3ccc4ccccc4c3)c2c1)N1CCC1. The van der Waals surface area contributed by atoms with E-state index in [0.29, 0.717) is 5.56 Å². The Morgan fingerprint density at radius 3 is 2.68 bits per heavy atom. The molecule has 1 aliphatic rings. The van der Waals surface area contributed by atoms with Gasteiger partial charge in [-0.15, -0.1) is 0 Å². The predicted octanol–water partition coefficient (Wildman–Crippen LogP) is 4.23. The van der Waals surface area contributed by atoms with Crippen LogP contribution >= 0.6 is 0 Å². The van der Waals surface area contributed by atoms with Crippen LogP contribution in [0.2, 0.25) is 0 Å². The summed E-state index contributed by atoms with van der Waals surface area (Å²) in [6.07, 6.45) is 4.73. The van der Waals surface area contributed by atoms with Crippen LogP contribution in [0.4, 0.5) is 0 Å². The summed E-state index contributed by atoms with van der Waals surface area (Å²) in [7, 11) is 0. The molecule has 0 unspecified atom stereocenters. The number of benzene rings is 2. The van der Waals surface area contributed by atoms with Crippen molar-refractivity contribution in [3.05, 3.63) is 66.5 Å². The van der Waals surface area contributed by atoms with Crippen molar-refractivity contribution < 1.29 is 4.79 Å². The largest absolute Gasteiger partial charge is 0.346 e. The number of pyridine rings is 1. The van der Waals surface area contributed by atoms with Gasteiger partial charge in [-0.2, -0.15) is 0 Å². The van der Waals surface area contributed by atoms with E-state index in [1.165, 1.54) is 10.8 Å². The lowest BCUT2D eigenvalue weighted by Crippen LogP contribution is -2.42. The topological polar surface area (TPSA) is 49.0 Å². The highest BCUT2D eigenvalue weighted by atomic mass is 16.2. The van der Waals surface area contributed by atoms with Crippen molar-refractivity contribution in [2.24, 2.45) is 0 Å². The second-order valence-electron chi connectivity index (χ2n) is 6.53. The molecule has 0 aliphatic carbocycles. The van der Waals surface area contributed by atoms with E-state index in [4.69, 9.17) is 0 Å². The van der Waals surface area contributed by atoms with Crippen LogP contribution in [0.5, 0.6) is 0 Å². The Kier molecular flexibility index (Phi) is 3.10. The van der Waals surface area contributed by atoms with E-state index in [0.717, 1.165) is 41.7 Å². The van der Waals surface area contributed by atoms with Gasteiger partial charge in [0.25, 0.3) is 5.91 Å². The molecule has 2 aromatic heterocycles. The molecule has 1 N–H and O–H groups in total. The zero-order chi connectivity index (χ0) is 16.8. The van der Waals surface area contributed by atoms with Crippen molar-refractivity contribution in [3.63, 3.8) is 0 Å². The van der Waals surface area contributed by atoms with Crippen molar-refractivity contribution in [1.29, 1.82) is 0 Å². The van der Waals surface area contributed by atoms with Gasteiger partial charge in [0.2, 0.25) is 0 Å². The first-order valence-corrected chi connectivity index (χ1v) is 8.55. The number of carbonyl (C=O) groups is 1. The zero-order valence-electron chi connectivity index (χ0n) is 13.7. The van der Waals surface area contributed by atoms with Gasteiger partial charge >= 0.3 is 0 Å². The maximum absolute atomic E-state index is 12.5. The minimum absolute atomic E-state index is 0.0753. The zero-order valence-corrected chi connectivity index (χ0v) is 13.7. The van der Waals surface area contributed by atoms with Gasteiger partial charge in [0.15, 0.2) is 0 Å². The number of nitrogens with zero attached hydrogens (tertiary/aromatic N) is 2. The molecule has 0 spiro atoms. The number of rotatable bonds is 2. The van der Waals surface area contributed by atoms with Crippen LogP contribution in [0, 0.1) is 0 Å². The fourth-order valence-corrected chi connectivity index (χ4v) is 3.42. The van der Waals surface area contributed by atoms with E-state index in [-0.39, 0.29) is 5.91 Å². The lowest BCUT2D eigenvalue weighted by molar-refractivity contribution is 0.0651. The third-order valence-corrected chi connectivity index (χ3v) is 4.98. The molecule has 2 aromatic carbocycles. The van der Waals surface area contributed by atoms with Crippen LogP contribution in [0.25, 0.3) is 32.9 Å². The standard InChI is InChI=1S/C21H17N3O/c25-21(24-8-3-9-24)17-11-18-19(13-23-20(18)22-12-17)16-7-6-14-4-1-2-5-15(14)10-16/h1-2,4-7,10-13H,3,8-9H2,(H,22,23). The normalized spacial score (nSPS) is 14.0. The van der Waals surface area contributed by atoms with Crippen LogP contribution in [0.15, 0.2) is 60.9 Å². The molecule has 25 heavy (non-hydrogen) atoms. The lowest BCUT2D eigenvalue weighted by atomic mass is 10.0. The van der Waals surface area contributed by atoms with E-state index in [2.05, 4.69) is 40.3 Å². The Balaban J connectivity index is 1.63. The highest BCUT2D eigenvalue weighted by Gasteiger charge is 2.22. The molecule has 1 saturated heterocycles. The summed E-state index contributed by atoms with van der Waals surface area (Å²) in [5.74, 6) is 0.0753. The predicted molar refractivity (Wildman–Crippen MR) is 99.6 cm³/mol. The van der Waals surface area contributed by atoms with Crippen molar-refractivity contribution in [2.45, 2.75) is 6.42 Å². The molecular formula is C21H17N3O. The third-order valence-electron chi connectivity index (χ3n) is 4.98. The monoisotopic (exact) mass is 327 g/mol. The minimum atomic E-state index is 0.0753. The van der Waals surface area contributed by atoms with E-state index in [9.17, 15) is 4.79 Å². The smallest absolute Gasteiger partial charge is 0.255 e. The average Bonchev–Trinajstić information content (AvgIpc) is 3.03. The second kappa shape index (κ2) is 5.45. The van der Waals surface area contributed by atoms with E-state index < -0.39 is 0 Å². The van der Waals surface area contributed by atoms with Crippen LogP contribution in [0.3, 0.4) is 0 Å². The number of nitrogens with one attached hydrogen (secondary N) is 1. The van der Waals surface area contributed by atoms with E-state index in [1.54, 1.807) is 6.20 Å². The van der Waals surface area contributed by atoms with E-state index in [1.807, 2.05) is 29.3 Å². The highest BCUT2D eigenvalue weighted by molar-refractivity contribution is 6.02. The van der Waals surface area contributed by atoms with Gasteiger partial charge in [-0.05, 0) is 34.9 Å². The van der Waals surface area contributed by atoms with Gasteiger partial charge in [-0.25, -0.2) is 4.98 Å². The molecule has 1 aliphatic heterocycles. The summed E-state index contributed by atoms with van der Waals surface area (Å²) in [5, 5.41) is 3.41. The van der Waals surface area contributed by atoms with Crippen LogP contribution in [0.1, 0.15) is 16.8 Å². The third kappa shape index (κ3) is 2.30. The molecule has 0 bridgehead atoms. The molecule has 4 aromatic rings. The number of hydrogen-bond donors (Lipinski definition) is 1. The molecule has 5 rings (SSSR count). The highest BCUT2D eigenvalue weighted by Crippen LogP contribution is 2.31. The van der Waals surface area contributed by atoms with Gasteiger partial charge in [0, 0.05) is 36.4 Å². The maximum atomic E-state index is 12.5. The van der Waals surface area contributed by atoms with Crippen molar-refractivity contribution in [3.8, 4) is 11.1 Å². The minimum Gasteiger partial charge on any atom is -0.346 e. The van der Waals surface area contributed by atoms with Gasteiger partial charge < -0.3 is 9.88 Å². The summed E-state index contributed by atoms with van der Waals surface area (Å²) >= 11 is 0. The molecule has 3 heterocycles. The van der Waals surface area contributed by atoms with Gasteiger partial charge in [0.1, 0.15) is 5.65 Å². The lowest BCUT2D eigenvalue weighted by Gasteiger charge is -2.30. The first-order valence-electron chi connectivity index (χ1n) is 8.55. The second-order valence-corrected chi connectivity index (χ2v) is 6.53. The van der Waals surface area contributed by atoms with Gasteiger partial charge in [0.05, 0.1) is 5.56 Å². The Morgan fingerprint density at radius 1 is 1.04 bits per heavy atom. The molecule has 0 saturated carbocycles. The van der Waals surface area contributed by atoms with Crippen molar-refractivity contribution >= 4 is 27.7 Å². The van der Waals surface area contributed by atoms with Gasteiger partial charge in [-0.3, -0.25) is 4.79 Å². The van der Waals surface area contributed by atoms with Crippen molar-refractivity contribution in [1.82, 2.24) is 14.9 Å². The van der Waals surface area contributed by atoms with Crippen LogP contribution in [-0.4, -0.2) is 33.9 Å². The fourth-order valence-electron chi connectivity index (χ4n) is 3.42. The summed E-state index contributed by atoms with van der Waals surface area (Å²) < 4.78 is 0. The molecule has 1 fully saturated rings. The molecule has 1 amide bonds. The number of hydrogen-bond acceptors (Lipinski definition) is 2. The Labute approximate surface area is 145 Å². The van der Waals surface area contributed by atoms with Gasteiger partial charge in [-0.1, -0.05) is 36.4 Å². The number of carbonyl (C=O) groups excluding carboxylic acids is 1. The Bertz CT molecular complexity index is 1110. The summed E-state index contributed by atoms with van der Waals surface area (Å²) in [5.41, 5.74) is 3.67. The van der Waals surface area contributed by atoms with Crippen LogP contribution < -0.4 is 0 Å². The number of aromatic nitrogens is 2. The number of likely N-dealkylation sites (tertiary alicyclic amines) is 1. The quantitative estimate of drug-likeness (QED) is 0.599. The number of amides is 1. The summed E-state index contributed by atoms with van der Waals surface area (Å²) in [6.45, 7) is 1.70. The average molecular weight is 327 g/mol. The first-order chi connectivity index (χ1) is 12.3. The molecule has 4 nitrogen and oxygen atoms in total. The van der Waals surface area contributed by atoms with Crippen LogP contribution in [-0.2, 0) is 0 Å². The summed E-state index contributed by atoms with van der Waals surface area (Å²) in [4.78, 5) is 22.0. The number of aromatic amines is 1. The Hall–Kier alpha value is -3.14. The number of fused-ring (bicyclic) bond motifs is 2. The molecular weight excluding hydrogens is 310 g/mol. The Morgan fingerprint density at radius 2 is 1.88 bits per heavy atom. The summed E-state index contributed by atoms with van der Waals surface area (Å²) in [6, 6.07) is 16.7. The first kappa shape index (κ1) is 14.2. The fraction of sp³-hybridized carbons (Fsp3) is 0.143. The van der Waals surface area contributed by atoms with Crippen molar-refractivity contribution in [2.75, 3.05) is 13.1 Å². The molecule has 0 atom stereocenters. The number of H-pyrrole nitrogens is 1. The molecule has 0 radical (unpaired) electrons.